The van der Waals surface area contributed by atoms with Crippen molar-refractivity contribution >= 4 is 0 Å². The summed E-state index contributed by atoms with van der Waals surface area (Å²) in [4.78, 5) is 0. The van der Waals surface area contributed by atoms with Crippen molar-refractivity contribution < 1.29 is 5.11 Å². The van der Waals surface area contributed by atoms with Crippen LogP contribution in [-0.4, -0.2) is 17.3 Å². The molecular weight excluding hydrogens is 330 g/mol. The van der Waals surface area contributed by atoms with Crippen LogP contribution in [0.5, 0.6) is 0 Å². The molecule has 0 fully saturated rings. The van der Waals surface area contributed by atoms with Crippen LogP contribution in [-0.2, 0) is 0 Å². The van der Waals surface area contributed by atoms with E-state index in [-0.39, 0.29) is 12.1 Å². The molecule has 0 spiro atoms. The average molecular weight is 384 g/mol. The lowest BCUT2D eigenvalue weighted by atomic mass is 9.98. The highest BCUT2D eigenvalue weighted by Crippen LogP contribution is 2.15. The summed E-state index contributed by atoms with van der Waals surface area (Å²) < 4.78 is 0. The average Bonchev–Trinajstić information content (AvgIpc) is 2.67. The molecule has 0 heterocycles. The Kier molecular flexibility index (Phi) is 22.1. The van der Waals surface area contributed by atoms with Crippen molar-refractivity contribution in [2.75, 3.05) is 0 Å². The van der Waals surface area contributed by atoms with Crippen molar-refractivity contribution in [3.63, 3.8) is 0 Å². The van der Waals surface area contributed by atoms with E-state index < -0.39 is 0 Å². The zero-order valence-electron chi connectivity index (χ0n) is 19.0. The largest absolute Gasteiger partial charge is 0.392 e. The first kappa shape index (κ1) is 26.9. The predicted molar refractivity (Wildman–Crippen MR) is 122 cm³/mol. The van der Waals surface area contributed by atoms with Gasteiger partial charge in [-0.1, -0.05) is 136 Å². The molecule has 0 amide bonds. The van der Waals surface area contributed by atoms with E-state index in [1.807, 2.05) is 0 Å². The Bertz CT molecular complexity index is 269. The molecule has 2 heteroatoms. The topological polar surface area (TPSA) is 46.2 Å². The first-order chi connectivity index (χ1) is 13.2. The van der Waals surface area contributed by atoms with Gasteiger partial charge in [-0.3, -0.25) is 0 Å². The van der Waals surface area contributed by atoms with Gasteiger partial charge in [0.1, 0.15) is 0 Å². The molecule has 2 nitrogen and oxygen atoms in total. The molecule has 0 aromatic carbocycles. The zero-order chi connectivity index (χ0) is 20.0. The van der Waals surface area contributed by atoms with Gasteiger partial charge >= 0.3 is 0 Å². The smallest absolute Gasteiger partial charge is 0.0691 e. The lowest BCUT2D eigenvalue weighted by Crippen LogP contribution is -2.34. The van der Waals surface area contributed by atoms with Crippen LogP contribution in [0.2, 0.25) is 0 Å². The number of unbranched alkanes of at least 4 members (excludes halogenated alkanes) is 17. The fourth-order valence-electron chi connectivity index (χ4n) is 3.94. The Balaban J connectivity index is 3.28. The summed E-state index contributed by atoms with van der Waals surface area (Å²) in [5.74, 6) is 0. The summed E-state index contributed by atoms with van der Waals surface area (Å²) in [7, 11) is 0. The molecule has 0 saturated heterocycles. The highest BCUT2D eigenvalue weighted by Gasteiger charge is 2.13. The molecule has 2 atom stereocenters. The number of aliphatic hydroxyl groups excluding tert-OH is 1. The quantitative estimate of drug-likeness (QED) is 0.187. The van der Waals surface area contributed by atoms with E-state index in [0.717, 1.165) is 19.3 Å². The molecule has 3 N–H and O–H groups in total. The van der Waals surface area contributed by atoms with Crippen molar-refractivity contribution in [1.82, 2.24) is 0 Å². The highest BCUT2D eigenvalue weighted by molar-refractivity contribution is 4.71. The second-order valence-corrected chi connectivity index (χ2v) is 8.82. The normalized spacial score (nSPS) is 13.8. The summed E-state index contributed by atoms with van der Waals surface area (Å²) in [6, 6.07) is -0.00629. The third-order valence-corrected chi connectivity index (χ3v) is 5.99. The third kappa shape index (κ3) is 20.5. The third-order valence-electron chi connectivity index (χ3n) is 5.99. The maximum atomic E-state index is 10.2. The Morgan fingerprint density at radius 1 is 0.481 bits per heavy atom. The molecule has 0 rings (SSSR count). The molecule has 164 valence electrons. The number of hydrogen-bond acceptors (Lipinski definition) is 2. The summed E-state index contributed by atoms with van der Waals surface area (Å²) in [6.45, 7) is 4.54. The summed E-state index contributed by atoms with van der Waals surface area (Å²) in [6.07, 6.45) is 27.2. The standard InChI is InChI=1S/C25H53NO/c1-3-5-7-9-11-12-13-14-15-17-18-20-22-24(26)25(27)23-21-19-16-10-8-6-4-2/h24-25,27H,3-23,26H2,1-2H3. The molecule has 0 bridgehead atoms. The maximum absolute atomic E-state index is 10.2. The molecule has 0 aromatic heterocycles. The van der Waals surface area contributed by atoms with Gasteiger partial charge in [0.05, 0.1) is 6.10 Å². The van der Waals surface area contributed by atoms with Gasteiger partial charge in [-0.2, -0.15) is 0 Å². The summed E-state index contributed by atoms with van der Waals surface area (Å²) >= 11 is 0. The van der Waals surface area contributed by atoms with Crippen LogP contribution in [0.15, 0.2) is 0 Å². The molecule has 0 saturated carbocycles. The fraction of sp³-hybridized carbons (Fsp3) is 1.00. The van der Waals surface area contributed by atoms with Gasteiger partial charge in [0.2, 0.25) is 0 Å². The first-order valence-electron chi connectivity index (χ1n) is 12.7. The summed E-state index contributed by atoms with van der Waals surface area (Å²) in [5.41, 5.74) is 6.18. The van der Waals surface area contributed by atoms with Gasteiger partial charge in [0.15, 0.2) is 0 Å². The van der Waals surface area contributed by atoms with Crippen LogP contribution in [0.25, 0.3) is 0 Å². The molecular formula is C25H53NO. The first-order valence-corrected chi connectivity index (χ1v) is 12.7. The van der Waals surface area contributed by atoms with Crippen LogP contribution in [0.3, 0.4) is 0 Å². The van der Waals surface area contributed by atoms with E-state index in [4.69, 9.17) is 5.73 Å². The second kappa shape index (κ2) is 22.2. The molecule has 0 aliphatic heterocycles. The Morgan fingerprint density at radius 3 is 1.15 bits per heavy atom. The highest BCUT2D eigenvalue weighted by atomic mass is 16.3. The molecule has 27 heavy (non-hydrogen) atoms. The summed E-state index contributed by atoms with van der Waals surface area (Å²) in [5, 5.41) is 10.2. The van der Waals surface area contributed by atoms with Crippen molar-refractivity contribution in [2.24, 2.45) is 5.73 Å². The van der Waals surface area contributed by atoms with Gasteiger partial charge in [-0.15, -0.1) is 0 Å². The van der Waals surface area contributed by atoms with Crippen molar-refractivity contribution in [3.8, 4) is 0 Å². The van der Waals surface area contributed by atoms with Gasteiger partial charge in [0.25, 0.3) is 0 Å². The van der Waals surface area contributed by atoms with Gasteiger partial charge < -0.3 is 10.8 Å². The Hall–Kier alpha value is -0.0800. The molecule has 2 unspecified atom stereocenters. The van der Waals surface area contributed by atoms with Crippen LogP contribution in [0, 0.1) is 0 Å². The minimum atomic E-state index is -0.284. The van der Waals surface area contributed by atoms with Gasteiger partial charge in [0, 0.05) is 6.04 Å². The van der Waals surface area contributed by atoms with Crippen molar-refractivity contribution in [2.45, 2.75) is 161 Å². The number of aliphatic hydroxyl groups is 1. The SMILES string of the molecule is CCCCCCCCCCCCCCC(N)C(O)CCCCCCCCC. The Labute approximate surface area is 172 Å². The van der Waals surface area contributed by atoms with E-state index in [9.17, 15) is 5.11 Å². The minimum absolute atomic E-state index is 0.00629. The van der Waals surface area contributed by atoms with Crippen molar-refractivity contribution in [1.29, 1.82) is 0 Å². The predicted octanol–water partition coefficient (Wildman–Crippen LogP) is 7.91. The molecule has 0 aliphatic rings. The van der Waals surface area contributed by atoms with E-state index in [2.05, 4.69) is 13.8 Å². The van der Waals surface area contributed by atoms with Crippen LogP contribution < -0.4 is 5.73 Å². The minimum Gasteiger partial charge on any atom is -0.392 e. The van der Waals surface area contributed by atoms with E-state index >= 15 is 0 Å². The number of nitrogens with two attached hydrogens (primary N) is 1. The van der Waals surface area contributed by atoms with E-state index in [1.54, 1.807) is 0 Å². The zero-order valence-corrected chi connectivity index (χ0v) is 19.0. The Morgan fingerprint density at radius 2 is 0.778 bits per heavy atom. The lowest BCUT2D eigenvalue weighted by Gasteiger charge is -2.18. The van der Waals surface area contributed by atoms with E-state index in [1.165, 1.54) is 116 Å². The van der Waals surface area contributed by atoms with Crippen LogP contribution in [0.4, 0.5) is 0 Å². The van der Waals surface area contributed by atoms with Crippen LogP contribution >= 0.6 is 0 Å². The second-order valence-electron chi connectivity index (χ2n) is 8.82. The maximum Gasteiger partial charge on any atom is 0.0691 e. The van der Waals surface area contributed by atoms with E-state index in [0.29, 0.717) is 0 Å². The fourth-order valence-corrected chi connectivity index (χ4v) is 3.94. The number of hydrogen-bond donors (Lipinski definition) is 2. The monoisotopic (exact) mass is 383 g/mol. The van der Waals surface area contributed by atoms with Gasteiger partial charge in [-0.25, -0.2) is 0 Å². The molecule has 0 aliphatic carbocycles. The molecule has 0 aromatic rings. The number of rotatable bonds is 22. The molecule has 0 radical (unpaired) electrons. The van der Waals surface area contributed by atoms with Gasteiger partial charge in [-0.05, 0) is 12.8 Å². The van der Waals surface area contributed by atoms with Crippen molar-refractivity contribution in [3.05, 3.63) is 0 Å². The lowest BCUT2D eigenvalue weighted by molar-refractivity contribution is 0.126. The van der Waals surface area contributed by atoms with Crippen LogP contribution in [0.1, 0.15) is 149 Å².